The summed E-state index contributed by atoms with van der Waals surface area (Å²) in [5.41, 5.74) is 3.03. The van der Waals surface area contributed by atoms with Crippen molar-refractivity contribution in [3.63, 3.8) is 0 Å². The summed E-state index contributed by atoms with van der Waals surface area (Å²) in [5, 5.41) is 4.27. The van der Waals surface area contributed by atoms with Gasteiger partial charge in [0.05, 0.1) is 15.9 Å². The van der Waals surface area contributed by atoms with Crippen LogP contribution in [0.4, 0.5) is 11.6 Å². The van der Waals surface area contributed by atoms with E-state index in [9.17, 15) is 0 Å². The topological polar surface area (TPSA) is 66.8 Å². The first-order valence-corrected chi connectivity index (χ1v) is 10.3. The first kappa shape index (κ1) is 17.2. The van der Waals surface area contributed by atoms with Crippen molar-refractivity contribution in [3.8, 4) is 10.6 Å². The number of hydrogen-bond donors (Lipinski definition) is 1. The maximum Gasteiger partial charge on any atom is 0.133 e. The zero-order valence-corrected chi connectivity index (χ0v) is 16.2. The van der Waals surface area contributed by atoms with Gasteiger partial charge >= 0.3 is 0 Å². The van der Waals surface area contributed by atoms with E-state index in [0.29, 0.717) is 0 Å². The Hall–Kier alpha value is -2.90. The summed E-state index contributed by atoms with van der Waals surface area (Å²) in [5.74, 6) is 1.56. The van der Waals surface area contributed by atoms with Gasteiger partial charge < -0.3 is 5.32 Å². The Kier molecular flexibility index (Phi) is 4.68. The number of likely N-dealkylation sites (tertiary alicyclic amines) is 1. The van der Waals surface area contributed by atoms with Crippen LogP contribution < -0.4 is 5.32 Å². The van der Waals surface area contributed by atoms with E-state index in [0.717, 1.165) is 44.7 Å². The quantitative estimate of drug-likeness (QED) is 0.543. The van der Waals surface area contributed by atoms with E-state index in [1.165, 1.54) is 25.9 Å². The summed E-state index contributed by atoms with van der Waals surface area (Å²) in [6.07, 6.45) is 8.04. The number of nitrogens with zero attached hydrogens (tertiary/aromatic N) is 5. The predicted octanol–water partition coefficient (Wildman–Crippen LogP) is 4.49. The molecule has 0 aromatic carbocycles. The van der Waals surface area contributed by atoms with E-state index in [1.54, 1.807) is 17.5 Å². The van der Waals surface area contributed by atoms with Crippen LogP contribution in [0, 0.1) is 0 Å². The van der Waals surface area contributed by atoms with Crippen molar-refractivity contribution in [1.82, 2.24) is 24.8 Å². The minimum absolute atomic E-state index is 0.751. The molecule has 0 saturated carbocycles. The van der Waals surface area contributed by atoms with Crippen molar-refractivity contribution in [3.05, 3.63) is 60.7 Å². The zero-order chi connectivity index (χ0) is 18.8. The molecule has 0 atom stereocenters. The molecule has 1 aliphatic heterocycles. The highest BCUT2D eigenvalue weighted by molar-refractivity contribution is 7.21. The second-order valence-corrected chi connectivity index (χ2v) is 7.95. The average molecular weight is 389 g/mol. The van der Waals surface area contributed by atoms with Crippen molar-refractivity contribution in [2.45, 2.75) is 19.4 Å². The van der Waals surface area contributed by atoms with Crippen LogP contribution in [0.15, 0.2) is 55.0 Å². The summed E-state index contributed by atoms with van der Waals surface area (Å²) in [7, 11) is 0. The molecule has 0 amide bonds. The summed E-state index contributed by atoms with van der Waals surface area (Å²) in [6.45, 7) is 3.24. The third kappa shape index (κ3) is 3.72. The molecule has 0 bridgehead atoms. The summed E-state index contributed by atoms with van der Waals surface area (Å²) in [6, 6.07) is 12.0. The van der Waals surface area contributed by atoms with Gasteiger partial charge in [-0.25, -0.2) is 15.0 Å². The van der Waals surface area contributed by atoms with E-state index in [2.05, 4.69) is 26.3 Å². The molecule has 4 aromatic rings. The number of pyridine rings is 3. The summed E-state index contributed by atoms with van der Waals surface area (Å²) in [4.78, 5) is 20.7. The van der Waals surface area contributed by atoms with Gasteiger partial charge in [-0.15, -0.1) is 11.3 Å². The summed E-state index contributed by atoms with van der Waals surface area (Å²) < 4.78 is 1.06. The smallest absolute Gasteiger partial charge is 0.133 e. The number of fused-ring (bicyclic) bond motifs is 1. The molecule has 28 heavy (non-hydrogen) atoms. The molecular weight excluding hydrogens is 368 g/mol. The number of anilines is 2. The van der Waals surface area contributed by atoms with E-state index in [-0.39, 0.29) is 0 Å². The van der Waals surface area contributed by atoms with Crippen LogP contribution >= 0.6 is 11.3 Å². The Morgan fingerprint density at radius 2 is 1.93 bits per heavy atom. The molecule has 1 fully saturated rings. The minimum Gasteiger partial charge on any atom is -0.325 e. The molecule has 1 aliphatic rings. The van der Waals surface area contributed by atoms with E-state index < -0.39 is 0 Å². The third-order valence-corrected chi connectivity index (χ3v) is 5.89. The highest BCUT2D eigenvalue weighted by Gasteiger charge is 2.13. The van der Waals surface area contributed by atoms with Crippen LogP contribution in [0.1, 0.15) is 18.5 Å². The molecule has 1 saturated heterocycles. The molecule has 5 heterocycles. The van der Waals surface area contributed by atoms with Crippen molar-refractivity contribution in [2.24, 2.45) is 0 Å². The molecule has 4 aromatic heterocycles. The number of nitrogens with one attached hydrogen (secondary N) is 1. The summed E-state index contributed by atoms with van der Waals surface area (Å²) >= 11 is 1.62. The van der Waals surface area contributed by atoms with E-state index in [1.807, 2.05) is 42.7 Å². The van der Waals surface area contributed by atoms with Gasteiger partial charge in [0.2, 0.25) is 0 Å². The van der Waals surface area contributed by atoms with Gasteiger partial charge in [-0.05, 0) is 50.2 Å². The van der Waals surface area contributed by atoms with Gasteiger partial charge in [-0.2, -0.15) is 0 Å². The van der Waals surface area contributed by atoms with Gasteiger partial charge in [-0.1, -0.05) is 6.07 Å². The lowest BCUT2D eigenvalue weighted by Gasteiger charge is -2.14. The van der Waals surface area contributed by atoms with Gasteiger partial charge in [0.25, 0.3) is 0 Å². The molecule has 0 radical (unpaired) electrons. The predicted molar refractivity (Wildman–Crippen MR) is 113 cm³/mol. The van der Waals surface area contributed by atoms with Gasteiger partial charge in [0, 0.05) is 36.8 Å². The molecular formula is C21H20N6S. The van der Waals surface area contributed by atoms with Crippen LogP contribution in [0.25, 0.3) is 20.8 Å². The molecule has 1 N–H and O–H groups in total. The Labute approximate surface area is 167 Å². The Balaban J connectivity index is 1.36. The van der Waals surface area contributed by atoms with Gasteiger partial charge in [-0.3, -0.25) is 9.88 Å². The van der Waals surface area contributed by atoms with Crippen molar-refractivity contribution in [1.29, 1.82) is 0 Å². The first-order valence-electron chi connectivity index (χ1n) is 9.46. The third-order valence-electron chi connectivity index (χ3n) is 4.83. The van der Waals surface area contributed by atoms with Crippen LogP contribution in [-0.4, -0.2) is 37.9 Å². The van der Waals surface area contributed by atoms with Crippen LogP contribution in [0.2, 0.25) is 0 Å². The second-order valence-electron chi connectivity index (χ2n) is 6.92. The maximum absolute atomic E-state index is 4.75. The van der Waals surface area contributed by atoms with E-state index >= 15 is 0 Å². The number of thiazole rings is 1. The molecule has 6 nitrogen and oxygen atoms in total. The fourth-order valence-corrected chi connectivity index (χ4v) is 4.36. The van der Waals surface area contributed by atoms with Gasteiger partial charge in [0.1, 0.15) is 16.6 Å². The number of hydrogen-bond acceptors (Lipinski definition) is 7. The zero-order valence-electron chi connectivity index (χ0n) is 15.4. The SMILES string of the molecule is c1cncc(-c2nc3cc(Nc4cccc(CN5CCCC5)n4)ncc3s2)c1. The van der Waals surface area contributed by atoms with Crippen molar-refractivity contribution >= 4 is 33.2 Å². The first-order chi connectivity index (χ1) is 13.8. The number of rotatable bonds is 5. The normalized spacial score (nSPS) is 14.6. The monoisotopic (exact) mass is 388 g/mol. The molecule has 0 unspecified atom stereocenters. The highest BCUT2D eigenvalue weighted by atomic mass is 32.1. The molecule has 0 spiro atoms. The second kappa shape index (κ2) is 7.61. The molecule has 140 valence electrons. The van der Waals surface area contributed by atoms with Crippen LogP contribution in [-0.2, 0) is 6.54 Å². The molecule has 7 heteroatoms. The largest absolute Gasteiger partial charge is 0.325 e. The van der Waals surface area contributed by atoms with E-state index in [4.69, 9.17) is 9.97 Å². The molecule has 5 rings (SSSR count). The Bertz CT molecular complexity index is 1090. The maximum atomic E-state index is 4.75. The van der Waals surface area contributed by atoms with Crippen LogP contribution in [0.3, 0.4) is 0 Å². The fraction of sp³-hybridized carbons (Fsp3) is 0.238. The lowest BCUT2D eigenvalue weighted by atomic mass is 10.3. The molecule has 0 aliphatic carbocycles. The average Bonchev–Trinajstić information content (AvgIpc) is 3.38. The Morgan fingerprint density at radius 1 is 1.00 bits per heavy atom. The van der Waals surface area contributed by atoms with Crippen molar-refractivity contribution < 1.29 is 0 Å². The number of aromatic nitrogens is 4. The lowest BCUT2D eigenvalue weighted by Crippen LogP contribution is -2.19. The lowest BCUT2D eigenvalue weighted by molar-refractivity contribution is 0.327. The van der Waals surface area contributed by atoms with Crippen LogP contribution in [0.5, 0.6) is 0 Å². The minimum atomic E-state index is 0.751. The van der Waals surface area contributed by atoms with Crippen molar-refractivity contribution in [2.75, 3.05) is 18.4 Å². The highest BCUT2D eigenvalue weighted by Crippen LogP contribution is 2.30. The fourth-order valence-electron chi connectivity index (χ4n) is 3.45. The Morgan fingerprint density at radius 3 is 2.79 bits per heavy atom. The van der Waals surface area contributed by atoms with Gasteiger partial charge in [0.15, 0.2) is 0 Å². The standard InChI is InChI=1S/C21H20N6S/c1-2-10-27(9-1)14-16-6-3-7-19(24-16)26-20-11-17-18(13-23-20)28-21(25-17)15-5-4-8-22-12-15/h3-8,11-13H,1-2,9-10,14H2,(H,23,24,26).